The Hall–Kier alpha value is -0.100. The number of halogens is 2. The third-order valence-electron chi connectivity index (χ3n) is 2.42. The number of ether oxygens (including phenoxy) is 2. The van der Waals surface area contributed by atoms with Gasteiger partial charge in [-0.3, -0.25) is 0 Å². The first kappa shape index (κ1) is 17.0. The van der Waals surface area contributed by atoms with Crippen molar-refractivity contribution in [2.45, 2.75) is 33.4 Å². The van der Waals surface area contributed by atoms with E-state index in [0.29, 0.717) is 13.2 Å². The zero-order valence-corrected chi connectivity index (χ0v) is 14.8. The van der Waals surface area contributed by atoms with Crippen LogP contribution < -0.4 is 10.1 Å². The molecule has 0 amide bonds. The summed E-state index contributed by atoms with van der Waals surface area (Å²) in [5.74, 6) is 0.826. The normalized spacial score (nSPS) is 11.1. The molecular formula is C14H21Br2NO2. The quantitative estimate of drug-likeness (QED) is 0.672. The van der Waals surface area contributed by atoms with Crippen molar-refractivity contribution in [1.82, 2.24) is 5.32 Å². The molecule has 19 heavy (non-hydrogen) atoms. The van der Waals surface area contributed by atoms with Gasteiger partial charge < -0.3 is 14.8 Å². The van der Waals surface area contributed by atoms with Crippen LogP contribution in [0.2, 0.25) is 0 Å². The van der Waals surface area contributed by atoms with Gasteiger partial charge in [0.05, 0.1) is 21.7 Å². The van der Waals surface area contributed by atoms with Gasteiger partial charge in [-0.15, -0.1) is 0 Å². The predicted molar refractivity (Wildman–Crippen MR) is 85.8 cm³/mol. The number of hydrogen-bond donors (Lipinski definition) is 1. The van der Waals surface area contributed by atoms with Crippen molar-refractivity contribution in [2.24, 2.45) is 0 Å². The average molecular weight is 395 g/mol. The lowest BCUT2D eigenvalue weighted by atomic mass is 10.2. The van der Waals surface area contributed by atoms with Crippen LogP contribution in [0, 0.1) is 0 Å². The van der Waals surface area contributed by atoms with Crippen molar-refractivity contribution in [3.63, 3.8) is 0 Å². The van der Waals surface area contributed by atoms with Gasteiger partial charge in [0.1, 0.15) is 12.4 Å². The third kappa shape index (κ3) is 6.25. The van der Waals surface area contributed by atoms with E-state index < -0.39 is 0 Å². The highest BCUT2D eigenvalue weighted by Gasteiger charge is 2.09. The zero-order valence-electron chi connectivity index (χ0n) is 11.6. The van der Waals surface area contributed by atoms with Gasteiger partial charge in [-0.2, -0.15) is 0 Å². The monoisotopic (exact) mass is 393 g/mol. The lowest BCUT2D eigenvalue weighted by molar-refractivity contribution is 0.0549. The molecule has 0 atom stereocenters. The molecule has 0 fully saturated rings. The largest absolute Gasteiger partial charge is 0.489 e. The Kier molecular flexibility index (Phi) is 7.99. The fourth-order valence-electron chi connectivity index (χ4n) is 1.55. The second-order valence-electron chi connectivity index (χ2n) is 4.44. The summed E-state index contributed by atoms with van der Waals surface area (Å²) in [4.78, 5) is 0. The summed E-state index contributed by atoms with van der Waals surface area (Å²) >= 11 is 7.09. The van der Waals surface area contributed by atoms with Crippen LogP contribution in [0.4, 0.5) is 0 Å². The molecule has 5 heteroatoms. The van der Waals surface area contributed by atoms with Gasteiger partial charge in [0.25, 0.3) is 0 Å². The Morgan fingerprint density at radius 2 is 1.79 bits per heavy atom. The average Bonchev–Trinajstić information content (AvgIpc) is 2.34. The minimum Gasteiger partial charge on any atom is -0.489 e. The molecule has 1 rings (SSSR count). The van der Waals surface area contributed by atoms with Gasteiger partial charge in [-0.05, 0) is 69.9 Å². The van der Waals surface area contributed by atoms with Gasteiger partial charge in [0.15, 0.2) is 0 Å². The molecule has 1 N–H and O–H groups in total. The lowest BCUT2D eigenvalue weighted by Gasteiger charge is -2.13. The number of nitrogens with one attached hydrogen (secondary N) is 1. The van der Waals surface area contributed by atoms with E-state index in [9.17, 15) is 0 Å². The maximum atomic E-state index is 5.74. The maximum Gasteiger partial charge on any atom is 0.147 e. The molecule has 0 unspecified atom stereocenters. The van der Waals surface area contributed by atoms with E-state index in [2.05, 4.69) is 56.2 Å². The lowest BCUT2D eigenvalue weighted by Crippen LogP contribution is -2.13. The number of benzene rings is 1. The third-order valence-corrected chi connectivity index (χ3v) is 3.60. The Morgan fingerprint density at radius 3 is 2.32 bits per heavy atom. The molecule has 1 aromatic rings. The summed E-state index contributed by atoms with van der Waals surface area (Å²) in [7, 11) is 0. The van der Waals surface area contributed by atoms with E-state index in [1.807, 2.05) is 13.8 Å². The molecule has 1 aromatic carbocycles. The second kappa shape index (κ2) is 8.95. The minimum atomic E-state index is 0.234. The first-order valence-electron chi connectivity index (χ1n) is 6.47. The van der Waals surface area contributed by atoms with Crippen LogP contribution >= 0.6 is 31.9 Å². The van der Waals surface area contributed by atoms with Crippen LogP contribution in [0.25, 0.3) is 0 Å². The molecule has 108 valence electrons. The van der Waals surface area contributed by atoms with Crippen molar-refractivity contribution in [1.29, 1.82) is 0 Å². The summed E-state index contributed by atoms with van der Waals surface area (Å²) < 4.78 is 13.1. The standard InChI is InChI=1S/C14H21Br2NO2/c1-4-17-9-11-7-12(15)14(13(16)8-11)19-6-5-18-10(2)3/h7-8,10,17H,4-6,9H2,1-3H3. The molecule has 0 radical (unpaired) electrons. The molecule has 3 nitrogen and oxygen atoms in total. The molecular weight excluding hydrogens is 374 g/mol. The summed E-state index contributed by atoms with van der Waals surface area (Å²) in [6.45, 7) is 9.07. The summed E-state index contributed by atoms with van der Waals surface area (Å²) in [6.07, 6.45) is 0.234. The van der Waals surface area contributed by atoms with Crippen molar-refractivity contribution in [3.05, 3.63) is 26.6 Å². The number of rotatable bonds is 8. The molecule has 0 heterocycles. The molecule has 0 saturated carbocycles. The Labute approximate surface area is 132 Å². The van der Waals surface area contributed by atoms with Crippen LogP contribution in [0.5, 0.6) is 5.75 Å². The highest BCUT2D eigenvalue weighted by molar-refractivity contribution is 9.11. The fraction of sp³-hybridized carbons (Fsp3) is 0.571. The van der Waals surface area contributed by atoms with Gasteiger partial charge >= 0.3 is 0 Å². The highest BCUT2D eigenvalue weighted by Crippen LogP contribution is 2.34. The Balaban J connectivity index is 2.58. The SMILES string of the molecule is CCNCc1cc(Br)c(OCCOC(C)C)c(Br)c1. The smallest absolute Gasteiger partial charge is 0.147 e. The summed E-state index contributed by atoms with van der Waals surface area (Å²) in [6, 6.07) is 4.15. The molecule has 0 bridgehead atoms. The van der Waals surface area contributed by atoms with Crippen LogP contribution in [0.3, 0.4) is 0 Å². The van der Waals surface area contributed by atoms with Gasteiger partial charge in [-0.25, -0.2) is 0 Å². The fourth-order valence-corrected chi connectivity index (χ4v) is 3.06. The molecule has 0 aromatic heterocycles. The first-order chi connectivity index (χ1) is 9.04. The van der Waals surface area contributed by atoms with Gasteiger partial charge in [-0.1, -0.05) is 6.92 Å². The highest BCUT2D eigenvalue weighted by atomic mass is 79.9. The van der Waals surface area contributed by atoms with E-state index in [-0.39, 0.29) is 6.10 Å². The van der Waals surface area contributed by atoms with Crippen LogP contribution in [-0.2, 0) is 11.3 Å². The van der Waals surface area contributed by atoms with E-state index in [1.54, 1.807) is 0 Å². The zero-order chi connectivity index (χ0) is 14.3. The van der Waals surface area contributed by atoms with Gasteiger partial charge in [0, 0.05) is 6.54 Å². The molecule has 0 saturated heterocycles. The Bertz CT molecular complexity index is 374. The van der Waals surface area contributed by atoms with Crippen molar-refractivity contribution in [3.8, 4) is 5.75 Å². The first-order valence-corrected chi connectivity index (χ1v) is 8.06. The molecule has 0 spiro atoms. The second-order valence-corrected chi connectivity index (χ2v) is 6.15. The van der Waals surface area contributed by atoms with Gasteiger partial charge in [0.2, 0.25) is 0 Å². The van der Waals surface area contributed by atoms with Crippen LogP contribution in [0.1, 0.15) is 26.3 Å². The summed E-state index contributed by atoms with van der Waals surface area (Å²) in [5, 5.41) is 3.30. The summed E-state index contributed by atoms with van der Waals surface area (Å²) in [5.41, 5.74) is 1.21. The molecule has 0 aliphatic carbocycles. The van der Waals surface area contributed by atoms with E-state index in [0.717, 1.165) is 27.8 Å². The molecule has 0 aliphatic rings. The topological polar surface area (TPSA) is 30.5 Å². The number of hydrogen-bond acceptors (Lipinski definition) is 3. The van der Waals surface area contributed by atoms with Crippen molar-refractivity contribution < 1.29 is 9.47 Å². The van der Waals surface area contributed by atoms with E-state index >= 15 is 0 Å². The Morgan fingerprint density at radius 1 is 1.16 bits per heavy atom. The minimum absolute atomic E-state index is 0.234. The van der Waals surface area contributed by atoms with Crippen LogP contribution in [-0.4, -0.2) is 25.9 Å². The van der Waals surface area contributed by atoms with Crippen molar-refractivity contribution >= 4 is 31.9 Å². The van der Waals surface area contributed by atoms with Crippen LogP contribution in [0.15, 0.2) is 21.1 Å². The maximum absolute atomic E-state index is 5.74. The predicted octanol–water partition coefficient (Wildman–Crippen LogP) is 4.12. The van der Waals surface area contributed by atoms with E-state index in [1.165, 1.54) is 5.56 Å². The van der Waals surface area contributed by atoms with E-state index in [4.69, 9.17) is 9.47 Å². The molecule has 0 aliphatic heterocycles. The van der Waals surface area contributed by atoms with Crippen molar-refractivity contribution in [2.75, 3.05) is 19.8 Å².